The van der Waals surface area contributed by atoms with Crippen LogP contribution < -0.4 is 5.32 Å². The second-order valence-electron chi connectivity index (χ2n) is 5.01. The number of fused-ring (bicyclic) bond motifs is 1. The number of hydrogen-bond acceptors (Lipinski definition) is 2. The smallest absolute Gasteiger partial charge is 0.0957 e. The predicted octanol–water partition coefficient (Wildman–Crippen LogP) is 2.82. The van der Waals surface area contributed by atoms with Crippen LogP contribution in [0.25, 0.3) is 11.3 Å². The summed E-state index contributed by atoms with van der Waals surface area (Å²) in [6.45, 7) is 2.13. The molecule has 3 nitrogen and oxygen atoms in total. The molecule has 2 aromatic rings. The van der Waals surface area contributed by atoms with Crippen molar-refractivity contribution in [2.75, 3.05) is 13.1 Å². The van der Waals surface area contributed by atoms with Crippen molar-refractivity contribution in [3.8, 4) is 11.3 Å². The molecular formula is C15H18ClN3. The molecule has 0 spiro atoms. The highest BCUT2D eigenvalue weighted by molar-refractivity contribution is 6.30. The zero-order valence-corrected chi connectivity index (χ0v) is 11.9. The molecule has 0 atom stereocenters. The molecule has 0 unspecified atom stereocenters. The summed E-state index contributed by atoms with van der Waals surface area (Å²) >= 11 is 5.96. The summed E-state index contributed by atoms with van der Waals surface area (Å²) in [4.78, 5) is 0. The molecule has 19 heavy (non-hydrogen) atoms. The van der Waals surface area contributed by atoms with Gasteiger partial charge in [0.15, 0.2) is 0 Å². The molecule has 0 aliphatic carbocycles. The summed E-state index contributed by atoms with van der Waals surface area (Å²) in [6, 6.07) is 7.98. The first-order chi connectivity index (χ1) is 9.25. The van der Waals surface area contributed by atoms with E-state index >= 15 is 0 Å². The minimum absolute atomic E-state index is 0.770. The first-order valence-corrected chi connectivity index (χ1v) is 7.15. The van der Waals surface area contributed by atoms with E-state index in [9.17, 15) is 0 Å². The van der Waals surface area contributed by atoms with Crippen molar-refractivity contribution in [2.24, 2.45) is 7.05 Å². The molecule has 1 aliphatic heterocycles. The Morgan fingerprint density at radius 1 is 1.16 bits per heavy atom. The van der Waals surface area contributed by atoms with Gasteiger partial charge >= 0.3 is 0 Å². The summed E-state index contributed by atoms with van der Waals surface area (Å²) in [5.41, 5.74) is 5.05. The number of halogens is 1. The van der Waals surface area contributed by atoms with E-state index in [1.54, 1.807) is 0 Å². The maximum Gasteiger partial charge on any atom is 0.0957 e. The van der Waals surface area contributed by atoms with Gasteiger partial charge in [-0.05, 0) is 31.5 Å². The van der Waals surface area contributed by atoms with Gasteiger partial charge in [-0.1, -0.05) is 23.7 Å². The number of aryl methyl sites for hydroxylation is 1. The van der Waals surface area contributed by atoms with Gasteiger partial charge in [0.1, 0.15) is 0 Å². The van der Waals surface area contributed by atoms with Gasteiger partial charge < -0.3 is 5.32 Å². The second kappa shape index (κ2) is 5.35. The lowest BCUT2D eigenvalue weighted by Gasteiger charge is -2.12. The van der Waals surface area contributed by atoms with Crippen molar-refractivity contribution in [1.82, 2.24) is 15.1 Å². The molecule has 4 heteroatoms. The van der Waals surface area contributed by atoms with Crippen molar-refractivity contribution in [3.63, 3.8) is 0 Å². The van der Waals surface area contributed by atoms with Crippen LogP contribution in [0.15, 0.2) is 24.3 Å². The number of rotatable bonds is 1. The molecule has 1 N–H and O–H groups in total. The fourth-order valence-electron chi connectivity index (χ4n) is 2.74. The van der Waals surface area contributed by atoms with Crippen molar-refractivity contribution in [2.45, 2.75) is 19.3 Å². The van der Waals surface area contributed by atoms with Crippen molar-refractivity contribution >= 4 is 11.6 Å². The van der Waals surface area contributed by atoms with Crippen LogP contribution in [0, 0.1) is 0 Å². The van der Waals surface area contributed by atoms with E-state index in [0.717, 1.165) is 42.2 Å². The van der Waals surface area contributed by atoms with Crippen LogP contribution in [0.4, 0.5) is 0 Å². The molecule has 2 heterocycles. The van der Waals surface area contributed by atoms with Crippen molar-refractivity contribution < 1.29 is 0 Å². The molecule has 0 amide bonds. The standard InChI is InChI=1S/C15H18ClN3/c1-19-14-8-10-17-9-2-3-13(14)15(18-19)11-4-6-12(16)7-5-11/h4-7,17H,2-3,8-10H2,1H3. The molecule has 0 bridgehead atoms. The average Bonchev–Trinajstić information content (AvgIpc) is 2.66. The van der Waals surface area contributed by atoms with Gasteiger partial charge in [0.2, 0.25) is 0 Å². The quantitative estimate of drug-likeness (QED) is 0.867. The SMILES string of the molecule is Cn1nc(-c2ccc(Cl)cc2)c2c1CCNCCC2. The lowest BCUT2D eigenvalue weighted by Crippen LogP contribution is -2.22. The third-order valence-corrected chi connectivity index (χ3v) is 3.96. The van der Waals surface area contributed by atoms with Crippen LogP contribution in [0.2, 0.25) is 5.02 Å². The maximum atomic E-state index is 5.96. The molecule has 0 saturated heterocycles. The topological polar surface area (TPSA) is 29.9 Å². The fraction of sp³-hybridized carbons (Fsp3) is 0.400. The summed E-state index contributed by atoms with van der Waals surface area (Å²) < 4.78 is 2.03. The summed E-state index contributed by atoms with van der Waals surface area (Å²) in [5.74, 6) is 0. The Balaban J connectivity index is 2.06. The van der Waals surface area contributed by atoms with E-state index in [4.69, 9.17) is 16.7 Å². The molecule has 0 radical (unpaired) electrons. The Hall–Kier alpha value is -1.32. The van der Waals surface area contributed by atoms with Crippen LogP contribution >= 0.6 is 11.6 Å². The Kier molecular flexibility index (Phi) is 3.58. The largest absolute Gasteiger partial charge is 0.316 e. The van der Waals surface area contributed by atoms with Crippen LogP contribution in [-0.4, -0.2) is 22.9 Å². The molecule has 1 aromatic carbocycles. The van der Waals surface area contributed by atoms with E-state index in [2.05, 4.69) is 17.4 Å². The third-order valence-electron chi connectivity index (χ3n) is 3.71. The van der Waals surface area contributed by atoms with Crippen LogP contribution in [0.3, 0.4) is 0 Å². The number of nitrogens with zero attached hydrogens (tertiary/aromatic N) is 2. The zero-order valence-electron chi connectivity index (χ0n) is 11.1. The molecule has 0 saturated carbocycles. The second-order valence-corrected chi connectivity index (χ2v) is 5.44. The molecule has 0 fully saturated rings. The Bertz CT molecular complexity index is 572. The first kappa shape index (κ1) is 12.7. The highest BCUT2D eigenvalue weighted by Crippen LogP contribution is 2.28. The zero-order chi connectivity index (χ0) is 13.2. The molecular weight excluding hydrogens is 258 g/mol. The van der Waals surface area contributed by atoms with Gasteiger partial charge in [0.05, 0.1) is 5.69 Å². The molecule has 1 aromatic heterocycles. The lowest BCUT2D eigenvalue weighted by molar-refractivity contribution is 0.600. The lowest BCUT2D eigenvalue weighted by atomic mass is 9.99. The van der Waals surface area contributed by atoms with Gasteiger partial charge in [0.25, 0.3) is 0 Å². The van der Waals surface area contributed by atoms with E-state index in [0.29, 0.717) is 0 Å². The van der Waals surface area contributed by atoms with Gasteiger partial charge in [-0.2, -0.15) is 5.10 Å². The van der Waals surface area contributed by atoms with E-state index in [1.807, 2.05) is 23.9 Å². The van der Waals surface area contributed by atoms with Crippen LogP contribution in [0.5, 0.6) is 0 Å². The average molecular weight is 276 g/mol. The van der Waals surface area contributed by atoms with Crippen molar-refractivity contribution in [1.29, 1.82) is 0 Å². The minimum Gasteiger partial charge on any atom is -0.316 e. The molecule has 1 aliphatic rings. The van der Waals surface area contributed by atoms with E-state index < -0.39 is 0 Å². The van der Waals surface area contributed by atoms with Crippen molar-refractivity contribution in [3.05, 3.63) is 40.5 Å². The number of nitrogens with one attached hydrogen (secondary N) is 1. The molecule has 100 valence electrons. The highest BCUT2D eigenvalue weighted by atomic mass is 35.5. The normalized spacial score (nSPS) is 15.7. The van der Waals surface area contributed by atoms with Gasteiger partial charge in [-0.3, -0.25) is 4.68 Å². The maximum absolute atomic E-state index is 5.96. The molecule has 3 rings (SSSR count). The van der Waals surface area contributed by atoms with E-state index in [-0.39, 0.29) is 0 Å². The number of hydrogen-bond donors (Lipinski definition) is 1. The highest BCUT2D eigenvalue weighted by Gasteiger charge is 2.18. The summed E-state index contributed by atoms with van der Waals surface area (Å²) in [5, 5.41) is 8.94. The summed E-state index contributed by atoms with van der Waals surface area (Å²) in [7, 11) is 2.04. The third kappa shape index (κ3) is 2.53. The van der Waals surface area contributed by atoms with Crippen LogP contribution in [0.1, 0.15) is 17.7 Å². The van der Waals surface area contributed by atoms with Crippen LogP contribution in [-0.2, 0) is 19.9 Å². The number of aromatic nitrogens is 2. The minimum atomic E-state index is 0.770. The van der Waals surface area contributed by atoms with E-state index in [1.165, 1.54) is 17.7 Å². The Labute approximate surface area is 118 Å². The summed E-state index contributed by atoms with van der Waals surface area (Å²) in [6.07, 6.45) is 3.31. The monoisotopic (exact) mass is 275 g/mol. The van der Waals surface area contributed by atoms with Gasteiger partial charge in [-0.15, -0.1) is 0 Å². The number of benzene rings is 1. The first-order valence-electron chi connectivity index (χ1n) is 6.77. The Morgan fingerprint density at radius 3 is 2.74 bits per heavy atom. The fourth-order valence-corrected chi connectivity index (χ4v) is 2.87. The van der Waals surface area contributed by atoms with Gasteiger partial charge in [-0.25, -0.2) is 0 Å². The Morgan fingerprint density at radius 2 is 1.95 bits per heavy atom. The predicted molar refractivity (Wildman–Crippen MR) is 78.5 cm³/mol. The van der Waals surface area contributed by atoms with Gasteiger partial charge in [0, 0.05) is 41.9 Å².